The molecule has 2 saturated carbocycles. The molecule has 7 aliphatic rings. The van der Waals surface area contributed by atoms with Gasteiger partial charge in [0.2, 0.25) is 11.8 Å². The van der Waals surface area contributed by atoms with Crippen molar-refractivity contribution >= 4 is 46.0 Å². The van der Waals surface area contributed by atoms with Gasteiger partial charge in [-0.3, -0.25) is 34.1 Å². The Hall–Kier alpha value is -5.76. The van der Waals surface area contributed by atoms with E-state index in [0.717, 1.165) is 90.3 Å². The maximum Gasteiger partial charge on any atom is 0.324 e. The van der Waals surface area contributed by atoms with E-state index in [2.05, 4.69) is 53.1 Å². The lowest BCUT2D eigenvalue weighted by Gasteiger charge is -2.37. The molecule has 0 radical (unpaired) electrons. The average molecular weight is 1160 g/mol. The monoisotopic (exact) mass is 1150 g/mol. The molecule has 83 heavy (non-hydrogen) atoms. The largest absolute Gasteiger partial charge is 0.593 e. The number of esters is 1. The molecule has 2 aromatic heterocycles. The molecule has 1 spiro atoms. The molecule has 5 aromatic rings. The summed E-state index contributed by atoms with van der Waals surface area (Å²) in [6, 6.07) is 19.5. The van der Waals surface area contributed by atoms with Crippen molar-refractivity contribution in [3.8, 4) is 22.4 Å². The van der Waals surface area contributed by atoms with Gasteiger partial charge in [-0.15, -0.1) is 4.31 Å². The Morgan fingerprint density at radius 1 is 0.940 bits per heavy atom. The lowest BCUT2D eigenvalue weighted by molar-refractivity contribution is -0.155. The number of likely N-dealkylation sites (tertiary alicyclic amines) is 2. The molecule has 18 heteroatoms. The van der Waals surface area contributed by atoms with Gasteiger partial charge in [0.25, 0.3) is 12.3 Å². The standard InChI is InChI=1S/C65H80F2N8O7S/c1-7-73-53-23-20-44-34-49(53)50(57(73)48-14-10-26-68-54(48)40(3)81-6)35-64(4,5)38-82-63(79)51-15-11-27-74(70-51)61(77)52(32-41-30-45(44)33-46(31-41)59(66)67)69-60(76)56(42-12-8-9-13-42)71-28-24-65(36-71)25-29-72(37-65)62(78)58-55(43-18-19-43)75(58)83(80)47-21-16-39(2)17-22-47/h10,14,16-17,20-23,26,30-31,33-34,40,42-43,51-52,55-56,58-59,70H,7-9,11-13,15,18-19,24-25,27-29,32,35-38H2,1-6H3,(H,69,76)/t40-,51-,52-,55+,56-,58+,65-,75?,83+/m0/s1. The van der Waals surface area contributed by atoms with Gasteiger partial charge in [-0.1, -0.05) is 62.6 Å². The number of carbonyl (C=O) groups is 4. The van der Waals surface area contributed by atoms with Crippen molar-refractivity contribution in [1.82, 2.24) is 39.4 Å². The van der Waals surface area contributed by atoms with Gasteiger partial charge in [0.1, 0.15) is 12.1 Å². The number of carbonyl (C=O) groups excluding carboxylic acids is 4. The number of hydrogen-bond acceptors (Lipinski definition) is 11. The van der Waals surface area contributed by atoms with Gasteiger partial charge in [0.15, 0.2) is 10.9 Å². The number of aryl methyl sites for hydroxylation is 2. The van der Waals surface area contributed by atoms with Crippen LogP contribution in [0.3, 0.4) is 0 Å². The summed E-state index contributed by atoms with van der Waals surface area (Å²) in [5.41, 5.74) is 9.58. The smallest absolute Gasteiger partial charge is 0.324 e. The molecule has 1 unspecified atom stereocenters. The first-order valence-corrected chi connectivity index (χ1v) is 31.4. The van der Waals surface area contributed by atoms with Crippen molar-refractivity contribution in [1.29, 1.82) is 0 Å². The van der Waals surface area contributed by atoms with Crippen molar-refractivity contribution in [2.24, 2.45) is 22.7 Å². The first-order chi connectivity index (χ1) is 39.9. The minimum absolute atomic E-state index is 0.0240. The summed E-state index contributed by atoms with van der Waals surface area (Å²) in [7, 11) is 1.66. The van der Waals surface area contributed by atoms with Crippen molar-refractivity contribution in [3.63, 3.8) is 0 Å². The van der Waals surface area contributed by atoms with Crippen LogP contribution in [0.4, 0.5) is 8.78 Å². The highest BCUT2D eigenvalue weighted by Gasteiger charge is 2.67. The van der Waals surface area contributed by atoms with Crippen LogP contribution in [0.25, 0.3) is 33.3 Å². The van der Waals surface area contributed by atoms with E-state index in [-0.39, 0.29) is 60.4 Å². The van der Waals surface area contributed by atoms with E-state index in [9.17, 15) is 14.1 Å². The Labute approximate surface area is 489 Å². The molecule has 12 rings (SSSR count). The van der Waals surface area contributed by atoms with Gasteiger partial charge in [-0.05, 0) is 162 Å². The molecule has 2 aliphatic carbocycles. The van der Waals surface area contributed by atoms with Crippen LogP contribution in [0, 0.1) is 29.6 Å². The predicted octanol–water partition coefficient (Wildman–Crippen LogP) is 9.66. The fourth-order valence-corrected chi connectivity index (χ4v) is 16.2. The zero-order valence-electron chi connectivity index (χ0n) is 48.8. The van der Waals surface area contributed by atoms with Crippen LogP contribution in [-0.2, 0) is 59.4 Å². The maximum atomic E-state index is 15.4. The number of ether oxygens (including phenoxy) is 2. The first-order valence-electron chi connectivity index (χ1n) is 30.3. The molecule has 5 aliphatic heterocycles. The first kappa shape index (κ1) is 57.7. The van der Waals surface area contributed by atoms with Gasteiger partial charge in [-0.2, -0.15) is 0 Å². The summed E-state index contributed by atoms with van der Waals surface area (Å²) in [6.07, 6.45) is 7.26. The zero-order chi connectivity index (χ0) is 58.1. The number of fused-ring (bicyclic) bond motifs is 6. The summed E-state index contributed by atoms with van der Waals surface area (Å²) in [5, 5.41) is 5.59. The Morgan fingerprint density at radius 2 is 1.71 bits per heavy atom. The summed E-state index contributed by atoms with van der Waals surface area (Å²) in [6.45, 7) is 13.6. The number of aromatic nitrogens is 2. The predicted molar refractivity (Wildman–Crippen MR) is 314 cm³/mol. The van der Waals surface area contributed by atoms with Gasteiger partial charge in [0, 0.05) is 85.3 Å². The number of alkyl halides is 2. The number of amides is 3. The molecule has 7 heterocycles. The van der Waals surface area contributed by atoms with Crippen LogP contribution < -0.4 is 10.7 Å². The third-order valence-corrected chi connectivity index (χ3v) is 20.8. The molecular formula is C65H80F2N8O7S. The van der Waals surface area contributed by atoms with Crippen LogP contribution in [0.1, 0.15) is 132 Å². The third-order valence-electron chi connectivity index (χ3n) is 19.3. The molecule has 4 saturated heterocycles. The van der Waals surface area contributed by atoms with E-state index < -0.39 is 59.2 Å². The van der Waals surface area contributed by atoms with Crippen LogP contribution in [0.2, 0.25) is 0 Å². The summed E-state index contributed by atoms with van der Waals surface area (Å²) >= 11 is -1.44. The van der Waals surface area contributed by atoms with Crippen molar-refractivity contribution in [2.75, 3.05) is 46.4 Å². The highest BCUT2D eigenvalue weighted by atomic mass is 32.2. The number of hydrogen-bond donors (Lipinski definition) is 2. The van der Waals surface area contributed by atoms with E-state index in [4.69, 9.17) is 14.5 Å². The summed E-state index contributed by atoms with van der Waals surface area (Å²) < 4.78 is 60.8. The van der Waals surface area contributed by atoms with Crippen LogP contribution in [-0.4, -0.2) is 134 Å². The van der Waals surface area contributed by atoms with Gasteiger partial charge in [0.05, 0.1) is 47.5 Å². The lowest BCUT2D eigenvalue weighted by atomic mass is 9.84. The second-order valence-electron chi connectivity index (χ2n) is 25.8. The Bertz CT molecular complexity index is 3270. The molecule has 3 amide bonds. The van der Waals surface area contributed by atoms with Crippen molar-refractivity contribution in [3.05, 3.63) is 107 Å². The van der Waals surface area contributed by atoms with E-state index in [0.29, 0.717) is 79.5 Å². The number of nitrogens with zero attached hydrogens (tertiary/aromatic N) is 6. The fourth-order valence-electron chi connectivity index (χ4n) is 14.7. The van der Waals surface area contributed by atoms with E-state index in [1.54, 1.807) is 13.3 Å². The fraction of sp³-hybridized carbons (Fsp3) is 0.554. The second-order valence-corrected chi connectivity index (χ2v) is 27.2. The van der Waals surface area contributed by atoms with Gasteiger partial charge < -0.3 is 28.8 Å². The number of halogens is 2. The van der Waals surface area contributed by atoms with Gasteiger partial charge >= 0.3 is 5.97 Å². The van der Waals surface area contributed by atoms with Crippen molar-refractivity contribution < 1.29 is 42.0 Å². The molecule has 9 atom stereocenters. The third kappa shape index (κ3) is 11.5. The molecule has 3 aromatic carbocycles. The zero-order valence-corrected chi connectivity index (χ0v) is 49.7. The van der Waals surface area contributed by atoms with Gasteiger partial charge in [-0.25, -0.2) is 14.2 Å². The molecule has 6 fully saturated rings. The topological polar surface area (TPSA) is 164 Å². The number of rotatable bonds is 13. The number of nitrogens with one attached hydrogen (secondary N) is 2. The lowest BCUT2D eigenvalue weighted by Crippen LogP contribution is -2.62. The molecule has 2 N–H and O–H groups in total. The Kier molecular flexibility index (Phi) is 16.2. The number of cyclic esters (lactones) is 1. The summed E-state index contributed by atoms with van der Waals surface area (Å²) in [4.78, 5) is 69.2. The minimum Gasteiger partial charge on any atom is -0.593 e. The number of hydrazine groups is 1. The van der Waals surface area contributed by atoms with Crippen molar-refractivity contribution in [2.45, 2.75) is 166 Å². The normalized spacial score (nSPS) is 27.0. The van der Waals surface area contributed by atoms with E-state index in [1.807, 2.05) is 71.6 Å². The Balaban J connectivity index is 0.858. The minimum atomic E-state index is -2.83. The number of methoxy groups -OCH3 is 1. The van der Waals surface area contributed by atoms with Crippen LogP contribution >= 0.6 is 0 Å². The molecule has 6 bridgehead atoms. The van der Waals surface area contributed by atoms with E-state index >= 15 is 18.4 Å². The SMILES string of the molecule is CCn1c(-c2cccnc2[C@H](C)OC)c2c3cc(ccc31)-c1cc(cc(C(F)F)c1)C[C@H](NC(=O)[C@H](C1CCCC1)N1CC[C@]3(CCN(C(=O)[C@H]4[C@@H](C5CC5)N4[S@+]([O-])c4ccc(C)cc4)C3)C1)C(=O)N1CCC[C@H](N1)C(=O)OCC(C)(C)C2. The average Bonchev–Trinajstić information content (AvgIpc) is 2.30. The molecule has 15 nitrogen and oxygen atoms in total. The molecule has 442 valence electrons. The quantitative estimate of drug-likeness (QED) is 0.0656. The number of pyridine rings is 1. The number of benzene rings is 3. The highest BCUT2D eigenvalue weighted by Crippen LogP contribution is 2.52. The van der Waals surface area contributed by atoms with E-state index in [1.165, 1.54) is 17.1 Å². The molecular weight excluding hydrogens is 1070 g/mol. The second kappa shape index (κ2) is 23.3. The Morgan fingerprint density at radius 3 is 2.45 bits per heavy atom. The van der Waals surface area contributed by atoms with Crippen LogP contribution in [0.15, 0.2) is 83.9 Å². The van der Waals surface area contributed by atoms with Crippen LogP contribution in [0.5, 0.6) is 0 Å². The maximum absolute atomic E-state index is 15.4. The highest BCUT2D eigenvalue weighted by molar-refractivity contribution is 7.89. The summed E-state index contributed by atoms with van der Waals surface area (Å²) in [5.74, 6) is -0.797.